The van der Waals surface area contributed by atoms with E-state index < -0.39 is 0 Å². The molecule has 0 spiro atoms. The number of aromatic nitrogens is 1. The molecule has 0 bridgehead atoms. The smallest absolute Gasteiger partial charge is 0.235 e. The molecule has 0 aliphatic carbocycles. The lowest BCUT2D eigenvalue weighted by Gasteiger charge is -2.35. The summed E-state index contributed by atoms with van der Waals surface area (Å²) in [6.07, 6.45) is 3.04. The standard InChI is InChI=1S/C30H27N3O2/c1-4-25-17-29(27-12-8-9-13-28(27)33(25)30-20(2)21(3)32-35-30)34-19-22-14-15-26(24(16-22)18-31)23-10-6-5-7-11-23/h5-17,25H,4,19H2,1-3H3. The number of anilines is 2. The highest BCUT2D eigenvalue weighted by Crippen LogP contribution is 2.42. The minimum Gasteiger partial charge on any atom is -0.488 e. The lowest BCUT2D eigenvalue weighted by atomic mass is 9.98. The molecule has 5 heteroatoms. The first-order chi connectivity index (χ1) is 17.1. The summed E-state index contributed by atoms with van der Waals surface area (Å²) in [6, 6.07) is 26.5. The summed E-state index contributed by atoms with van der Waals surface area (Å²) in [4.78, 5) is 2.21. The number of nitriles is 1. The molecule has 0 fully saturated rings. The highest BCUT2D eigenvalue weighted by atomic mass is 16.5. The number of ether oxygens (including phenoxy) is 1. The highest BCUT2D eigenvalue weighted by Gasteiger charge is 2.31. The fourth-order valence-electron chi connectivity index (χ4n) is 4.53. The van der Waals surface area contributed by atoms with Crippen molar-refractivity contribution in [2.45, 2.75) is 39.8 Å². The van der Waals surface area contributed by atoms with Crippen LogP contribution in [0.4, 0.5) is 11.6 Å². The summed E-state index contributed by atoms with van der Waals surface area (Å²) >= 11 is 0. The fraction of sp³-hybridized carbons (Fsp3) is 0.200. The van der Waals surface area contributed by atoms with E-state index in [1.54, 1.807) is 0 Å². The molecule has 4 aromatic rings. The predicted molar refractivity (Wildman–Crippen MR) is 138 cm³/mol. The minimum atomic E-state index is 0.0704. The van der Waals surface area contributed by atoms with Gasteiger partial charge in [-0.05, 0) is 61.2 Å². The van der Waals surface area contributed by atoms with Gasteiger partial charge in [0.15, 0.2) is 0 Å². The van der Waals surface area contributed by atoms with Crippen LogP contribution < -0.4 is 4.90 Å². The second kappa shape index (κ2) is 9.52. The zero-order chi connectivity index (χ0) is 24.4. The fourth-order valence-corrected chi connectivity index (χ4v) is 4.53. The van der Waals surface area contributed by atoms with Crippen LogP contribution in [0.15, 0.2) is 83.4 Å². The maximum absolute atomic E-state index is 9.76. The van der Waals surface area contributed by atoms with E-state index in [1.807, 2.05) is 74.5 Å². The van der Waals surface area contributed by atoms with E-state index in [2.05, 4.69) is 41.3 Å². The van der Waals surface area contributed by atoms with Gasteiger partial charge >= 0.3 is 0 Å². The van der Waals surface area contributed by atoms with Crippen molar-refractivity contribution in [2.24, 2.45) is 0 Å². The molecule has 1 unspecified atom stereocenters. The van der Waals surface area contributed by atoms with Gasteiger partial charge in [-0.2, -0.15) is 5.26 Å². The van der Waals surface area contributed by atoms with E-state index in [-0.39, 0.29) is 6.04 Å². The summed E-state index contributed by atoms with van der Waals surface area (Å²) in [7, 11) is 0. The number of rotatable bonds is 6. The molecule has 1 aromatic heterocycles. The molecule has 0 saturated heterocycles. The van der Waals surface area contributed by atoms with Crippen LogP contribution in [-0.2, 0) is 11.3 Å². The highest BCUT2D eigenvalue weighted by molar-refractivity contribution is 5.82. The van der Waals surface area contributed by atoms with E-state index in [0.29, 0.717) is 12.2 Å². The number of fused-ring (bicyclic) bond motifs is 1. The number of hydrogen-bond acceptors (Lipinski definition) is 5. The summed E-state index contributed by atoms with van der Waals surface area (Å²) in [5.74, 6) is 1.61. The number of hydrogen-bond donors (Lipinski definition) is 0. The Balaban J connectivity index is 1.44. The molecule has 1 atom stereocenters. The van der Waals surface area contributed by atoms with E-state index >= 15 is 0 Å². The van der Waals surface area contributed by atoms with Gasteiger partial charge in [-0.25, -0.2) is 0 Å². The Morgan fingerprint density at radius 3 is 2.49 bits per heavy atom. The van der Waals surface area contributed by atoms with Crippen molar-refractivity contribution in [3.63, 3.8) is 0 Å². The second-order valence-electron chi connectivity index (χ2n) is 8.74. The number of aryl methyl sites for hydroxylation is 1. The Labute approximate surface area is 205 Å². The second-order valence-corrected chi connectivity index (χ2v) is 8.74. The van der Waals surface area contributed by atoms with Crippen LogP contribution in [0.25, 0.3) is 16.9 Å². The van der Waals surface area contributed by atoms with E-state index in [9.17, 15) is 5.26 Å². The molecule has 0 N–H and O–H groups in total. The van der Waals surface area contributed by atoms with Crippen LogP contribution in [-0.4, -0.2) is 11.2 Å². The maximum Gasteiger partial charge on any atom is 0.235 e. The van der Waals surface area contributed by atoms with Crippen LogP contribution in [0.1, 0.15) is 41.3 Å². The van der Waals surface area contributed by atoms with Crippen LogP contribution in [0.5, 0.6) is 0 Å². The van der Waals surface area contributed by atoms with Crippen molar-refractivity contribution in [1.29, 1.82) is 5.26 Å². The van der Waals surface area contributed by atoms with Gasteiger partial charge in [-0.3, -0.25) is 0 Å². The molecule has 2 heterocycles. The molecule has 1 aliphatic heterocycles. The number of para-hydroxylation sites is 1. The Hall–Kier alpha value is -4.30. The van der Waals surface area contributed by atoms with Gasteiger partial charge in [0.25, 0.3) is 0 Å². The first-order valence-electron chi connectivity index (χ1n) is 11.8. The molecule has 0 amide bonds. The molecule has 1 aliphatic rings. The van der Waals surface area contributed by atoms with Crippen molar-refractivity contribution < 1.29 is 9.26 Å². The van der Waals surface area contributed by atoms with Gasteiger partial charge in [0.2, 0.25) is 5.88 Å². The van der Waals surface area contributed by atoms with Crippen molar-refractivity contribution in [3.8, 4) is 17.2 Å². The SMILES string of the molecule is CCC1C=C(OCc2ccc(-c3ccccc3)c(C#N)c2)c2ccccc2N1c1onc(C)c1C. The Bertz CT molecular complexity index is 1430. The Morgan fingerprint density at radius 1 is 1.00 bits per heavy atom. The van der Waals surface area contributed by atoms with Gasteiger partial charge < -0.3 is 14.2 Å². The first kappa shape index (κ1) is 22.5. The van der Waals surface area contributed by atoms with Crippen molar-refractivity contribution >= 4 is 17.3 Å². The maximum atomic E-state index is 9.76. The third kappa shape index (κ3) is 4.20. The molecular weight excluding hydrogens is 434 g/mol. The summed E-state index contributed by atoms with van der Waals surface area (Å²) < 4.78 is 12.1. The zero-order valence-corrected chi connectivity index (χ0v) is 20.2. The van der Waals surface area contributed by atoms with E-state index in [1.165, 1.54) is 0 Å². The van der Waals surface area contributed by atoms with Crippen LogP contribution in [0.3, 0.4) is 0 Å². The molecule has 5 rings (SSSR count). The molecule has 0 saturated carbocycles. The van der Waals surface area contributed by atoms with Crippen molar-refractivity contribution in [2.75, 3.05) is 4.90 Å². The zero-order valence-electron chi connectivity index (χ0n) is 20.2. The lowest BCUT2D eigenvalue weighted by molar-refractivity contribution is 0.261. The largest absolute Gasteiger partial charge is 0.488 e. The van der Waals surface area contributed by atoms with Gasteiger partial charge in [0, 0.05) is 11.1 Å². The number of benzene rings is 3. The summed E-state index contributed by atoms with van der Waals surface area (Å²) in [5, 5.41) is 13.9. The molecule has 5 nitrogen and oxygen atoms in total. The monoisotopic (exact) mass is 461 g/mol. The van der Waals surface area contributed by atoms with Crippen LogP contribution >= 0.6 is 0 Å². The summed E-state index contributed by atoms with van der Waals surface area (Å²) in [5.41, 5.74) is 7.54. The van der Waals surface area contributed by atoms with Gasteiger partial charge in [-0.1, -0.05) is 66.7 Å². The molecule has 174 valence electrons. The Kier molecular flexibility index (Phi) is 6.12. The summed E-state index contributed by atoms with van der Waals surface area (Å²) in [6.45, 7) is 6.53. The lowest BCUT2D eigenvalue weighted by Crippen LogP contribution is -2.33. The minimum absolute atomic E-state index is 0.0704. The molecule has 0 radical (unpaired) electrons. The van der Waals surface area contributed by atoms with Gasteiger partial charge in [0.05, 0.1) is 29.1 Å². The Morgan fingerprint density at radius 2 is 1.77 bits per heavy atom. The first-order valence-corrected chi connectivity index (χ1v) is 11.8. The quantitative estimate of drug-likeness (QED) is 0.301. The number of nitrogens with zero attached hydrogens (tertiary/aromatic N) is 3. The average molecular weight is 462 g/mol. The van der Waals surface area contributed by atoms with Gasteiger partial charge in [-0.15, -0.1) is 0 Å². The topological polar surface area (TPSA) is 62.3 Å². The molecule has 3 aromatic carbocycles. The van der Waals surface area contributed by atoms with Crippen molar-refractivity contribution in [1.82, 2.24) is 5.16 Å². The van der Waals surface area contributed by atoms with E-state index in [0.717, 1.165) is 57.3 Å². The van der Waals surface area contributed by atoms with Crippen LogP contribution in [0.2, 0.25) is 0 Å². The van der Waals surface area contributed by atoms with Crippen molar-refractivity contribution in [3.05, 3.63) is 107 Å². The average Bonchev–Trinajstić information content (AvgIpc) is 3.24. The molecular formula is C30H27N3O2. The van der Waals surface area contributed by atoms with Gasteiger partial charge in [0.1, 0.15) is 12.4 Å². The molecule has 35 heavy (non-hydrogen) atoms. The third-order valence-electron chi connectivity index (χ3n) is 6.56. The van der Waals surface area contributed by atoms with Crippen LogP contribution in [0, 0.1) is 25.2 Å². The van der Waals surface area contributed by atoms with E-state index in [4.69, 9.17) is 9.26 Å². The predicted octanol–water partition coefficient (Wildman–Crippen LogP) is 7.32. The third-order valence-corrected chi connectivity index (χ3v) is 6.56. The normalized spacial score (nSPS) is 14.7.